The Hall–Kier alpha value is -1.47. The molecular formula is C11H12N2OS. The van der Waals surface area contributed by atoms with Gasteiger partial charge in [0.05, 0.1) is 0 Å². The summed E-state index contributed by atoms with van der Waals surface area (Å²) >= 11 is 1.75. The molecule has 1 rings (SSSR count). The minimum atomic E-state index is -0.640. The van der Waals surface area contributed by atoms with Crippen LogP contribution in [0.3, 0.4) is 0 Å². The molecule has 0 atom stereocenters. The standard InChI is InChI=1S/C11H12N2OS/c1-8(2)15-10-5-3-9(4-6-10)13-11(14)7-12/h3-6,8H,1-2H3,(H,13,14). The van der Waals surface area contributed by atoms with Crippen molar-refractivity contribution in [2.24, 2.45) is 0 Å². The number of nitrogens with one attached hydrogen (secondary N) is 1. The van der Waals surface area contributed by atoms with Crippen LogP contribution in [0.15, 0.2) is 29.2 Å². The molecule has 0 unspecified atom stereocenters. The van der Waals surface area contributed by atoms with Gasteiger partial charge in [0, 0.05) is 15.8 Å². The Balaban J connectivity index is 2.65. The first-order chi connectivity index (χ1) is 7.11. The summed E-state index contributed by atoms with van der Waals surface area (Å²) in [5.74, 6) is -0.640. The van der Waals surface area contributed by atoms with Crippen LogP contribution in [0.1, 0.15) is 13.8 Å². The predicted octanol–water partition coefficient (Wildman–Crippen LogP) is 2.65. The highest BCUT2D eigenvalue weighted by atomic mass is 32.2. The Kier molecular flexibility index (Phi) is 4.19. The van der Waals surface area contributed by atoms with Crippen LogP contribution in [0, 0.1) is 11.3 Å². The molecular weight excluding hydrogens is 208 g/mol. The number of hydrogen-bond acceptors (Lipinski definition) is 3. The second-order valence-electron chi connectivity index (χ2n) is 3.26. The number of nitriles is 1. The zero-order valence-corrected chi connectivity index (χ0v) is 9.47. The number of thioether (sulfide) groups is 1. The summed E-state index contributed by atoms with van der Waals surface area (Å²) in [6.07, 6.45) is 0. The molecule has 0 spiro atoms. The average molecular weight is 220 g/mol. The van der Waals surface area contributed by atoms with Crippen molar-refractivity contribution in [2.45, 2.75) is 24.0 Å². The molecule has 3 nitrogen and oxygen atoms in total. The number of carbonyl (C=O) groups excluding carboxylic acids is 1. The Morgan fingerprint density at radius 3 is 2.47 bits per heavy atom. The molecule has 15 heavy (non-hydrogen) atoms. The minimum Gasteiger partial charge on any atom is -0.313 e. The maximum atomic E-state index is 10.8. The van der Waals surface area contributed by atoms with E-state index < -0.39 is 5.91 Å². The van der Waals surface area contributed by atoms with E-state index in [4.69, 9.17) is 5.26 Å². The normalized spacial score (nSPS) is 9.73. The summed E-state index contributed by atoms with van der Waals surface area (Å²) in [6, 6.07) is 8.94. The largest absolute Gasteiger partial charge is 0.326 e. The van der Waals surface area contributed by atoms with Crippen LogP contribution in [0.2, 0.25) is 0 Å². The summed E-state index contributed by atoms with van der Waals surface area (Å²) in [6.45, 7) is 4.24. The monoisotopic (exact) mass is 220 g/mol. The van der Waals surface area contributed by atoms with Gasteiger partial charge in [0.1, 0.15) is 0 Å². The molecule has 1 amide bonds. The molecule has 0 aliphatic carbocycles. The van der Waals surface area contributed by atoms with Gasteiger partial charge in [-0.2, -0.15) is 5.26 Å². The van der Waals surface area contributed by atoms with Crippen molar-refractivity contribution in [2.75, 3.05) is 5.32 Å². The van der Waals surface area contributed by atoms with Crippen LogP contribution >= 0.6 is 11.8 Å². The second-order valence-corrected chi connectivity index (χ2v) is 4.91. The predicted molar refractivity (Wildman–Crippen MR) is 61.7 cm³/mol. The first-order valence-corrected chi connectivity index (χ1v) is 5.47. The summed E-state index contributed by atoms with van der Waals surface area (Å²) < 4.78 is 0. The van der Waals surface area contributed by atoms with Gasteiger partial charge in [-0.1, -0.05) is 13.8 Å². The molecule has 0 aromatic heterocycles. The lowest BCUT2D eigenvalue weighted by molar-refractivity contribution is -0.111. The first kappa shape index (κ1) is 11.6. The van der Waals surface area contributed by atoms with Crippen LogP contribution < -0.4 is 5.32 Å². The highest BCUT2D eigenvalue weighted by Crippen LogP contribution is 2.23. The fraction of sp³-hybridized carbons (Fsp3) is 0.273. The number of benzene rings is 1. The van der Waals surface area contributed by atoms with Crippen LogP contribution in [-0.2, 0) is 4.79 Å². The van der Waals surface area contributed by atoms with Crippen molar-refractivity contribution in [3.8, 4) is 6.07 Å². The van der Waals surface area contributed by atoms with E-state index in [0.717, 1.165) is 4.90 Å². The lowest BCUT2D eigenvalue weighted by atomic mass is 10.3. The van der Waals surface area contributed by atoms with Crippen LogP contribution in [0.4, 0.5) is 5.69 Å². The molecule has 0 radical (unpaired) electrons. The number of amides is 1. The van der Waals surface area contributed by atoms with E-state index in [1.165, 1.54) is 6.07 Å². The van der Waals surface area contributed by atoms with Gasteiger partial charge in [0.25, 0.3) is 0 Å². The van der Waals surface area contributed by atoms with E-state index in [0.29, 0.717) is 10.9 Å². The Morgan fingerprint density at radius 1 is 1.40 bits per heavy atom. The average Bonchev–Trinajstić information content (AvgIpc) is 2.20. The molecule has 78 valence electrons. The number of nitrogens with zero attached hydrogens (tertiary/aromatic N) is 1. The van der Waals surface area contributed by atoms with Gasteiger partial charge in [0.15, 0.2) is 6.07 Å². The summed E-state index contributed by atoms with van der Waals surface area (Å²) in [4.78, 5) is 11.9. The van der Waals surface area contributed by atoms with Gasteiger partial charge in [-0.15, -0.1) is 11.8 Å². The third-order valence-corrected chi connectivity index (χ3v) is 2.60. The third-order valence-electron chi connectivity index (χ3n) is 1.59. The zero-order chi connectivity index (χ0) is 11.3. The molecule has 0 saturated carbocycles. The van der Waals surface area contributed by atoms with Gasteiger partial charge >= 0.3 is 5.91 Å². The summed E-state index contributed by atoms with van der Waals surface area (Å²) in [5, 5.41) is 11.3. The lowest BCUT2D eigenvalue weighted by Gasteiger charge is -2.05. The molecule has 1 aromatic carbocycles. The van der Waals surface area contributed by atoms with Crippen LogP contribution in [0.25, 0.3) is 0 Å². The van der Waals surface area contributed by atoms with Crippen molar-refractivity contribution in [3.05, 3.63) is 24.3 Å². The first-order valence-electron chi connectivity index (χ1n) is 4.59. The van der Waals surface area contributed by atoms with Crippen molar-refractivity contribution >= 4 is 23.4 Å². The van der Waals surface area contributed by atoms with Gasteiger partial charge in [-0.05, 0) is 24.3 Å². The van der Waals surface area contributed by atoms with Crippen molar-refractivity contribution in [1.29, 1.82) is 5.26 Å². The smallest absolute Gasteiger partial charge is 0.313 e. The fourth-order valence-electron chi connectivity index (χ4n) is 1.05. The van der Waals surface area contributed by atoms with Gasteiger partial charge in [-0.25, -0.2) is 0 Å². The van der Waals surface area contributed by atoms with Crippen LogP contribution in [-0.4, -0.2) is 11.2 Å². The molecule has 0 fully saturated rings. The second kappa shape index (κ2) is 5.42. The van der Waals surface area contributed by atoms with E-state index in [2.05, 4.69) is 19.2 Å². The lowest BCUT2D eigenvalue weighted by Crippen LogP contribution is -2.07. The van der Waals surface area contributed by atoms with Gasteiger partial charge < -0.3 is 5.32 Å². The fourth-order valence-corrected chi connectivity index (χ4v) is 1.89. The van der Waals surface area contributed by atoms with E-state index >= 15 is 0 Å². The van der Waals surface area contributed by atoms with Crippen molar-refractivity contribution in [3.63, 3.8) is 0 Å². The number of rotatable bonds is 3. The maximum absolute atomic E-state index is 10.8. The Morgan fingerprint density at radius 2 is 2.00 bits per heavy atom. The number of anilines is 1. The van der Waals surface area contributed by atoms with Gasteiger partial charge in [-0.3, -0.25) is 4.79 Å². The van der Waals surface area contributed by atoms with Crippen molar-refractivity contribution < 1.29 is 4.79 Å². The molecule has 0 aliphatic heterocycles. The number of carbonyl (C=O) groups is 1. The maximum Gasteiger partial charge on any atom is 0.326 e. The van der Waals surface area contributed by atoms with Crippen LogP contribution in [0.5, 0.6) is 0 Å². The molecule has 0 heterocycles. The Bertz CT molecular complexity index is 379. The van der Waals surface area contributed by atoms with E-state index in [-0.39, 0.29) is 0 Å². The number of hydrogen-bond donors (Lipinski definition) is 1. The topological polar surface area (TPSA) is 52.9 Å². The summed E-state index contributed by atoms with van der Waals surface area (Å²) in [5.41, 5.74) is 0.648. The molecule has 1 aromatic rings. The summed E-state index contributed by atoms with van der Waals surface area (Å²) in [7, 11) is 0. The molecule has 1 N–H and O–H groups in total. The molecule has 4 heteroatoms. The highest BCUT2D eigenvalue weighted by molar-refractivity contribution is 7.99. The van der Waals surface area contributed by atoms with Crippen molar-refractivity contribution in [1.82, 2.24) is 0 Å². The molecule has 0 saturated heterocycles. The molecule has 0 bridgehead atoms. The zero-order valence-electron chi connectivity index (χ0n) is 8.65. The third kappa shape index (κ3) is 4.05. The van der Waals surface area contributed by atoms with E-state index in [1.54, 1.807) is 23.9 Å². The van der Waals surface area contributed by atoms with E-state index in [1.807, 2.05) is 12.1 Å². The quantitative estimate of drug-likeness (QED) is 0.629. The SMILES string of the molecule is CC(C)Sc1ccc(NC(=O)C#N)cc1. The van der Waals surface area contributed by atoms with Gasteiger partial charge in [0.2, 0.25) is 0 Å². The molecule has 0 aliphatic rings. The van der Waals surface area contributed by atoms with E-state index in [9.17, 15) is 4.79 Å². The highest BCUT2D eigenvalue weighted by Gasteiger charge is 2.01. The Labute approximate surface area is 93.5 Å². The minimum absolute atomic E-state index is 0.532.